The number of pyridine rings is 1. The number of aromatic nitrogens is 5. The highest BCUT2D eigenvalue weighted by Gasteiger charge is 2.13. The summed E-state index contributed by atoms with van der Waals surface area (Å²) in [5, 5.41) is 12.4. The standard InChI is InChI=1S/C17H16N6O/c1-22(12-16-20-19-15-9-5-6-10-23(15)16)11-14-18-17(24-21-14)13-7-3-2-4-8-13/h2-10H,11-12H2,1H3. The second-order valence-electron chi connectivity index (χ2n) is 5.60. The van der Waals surface area contributed by atoms with E-state index in [0.29, 0.717) is 24.8 Å². The molecule has 7 heteroatoms. The van der Waals surface area contributed by atoms with Gasteiger partial charge in [0.05, 0.1) is 13.1 Å². The van der Waals surface area contributed by atoms with Crippen molar-refractivity contribution in [1.82, 2.24) is 29.6 Å². The highest BCUT2D eigenvalue weighted by molar-refractivity contribution is 5.51. The molecule has 0 aliphatic heterocycles. The minimum absolute atomic E-state index is 0.534. The Bertz CT molecular complexity index is 946. The molecule has 0 unspecified atom stereocenters. The molecule has 3 heterocycles. The van der Waals surface area contributed by atoms with Gasteiger partial charge in [-0.1, -0.05) is 29.4 Å². The predicted octanol–water partition coefficient (Wildman–Crippen LogP) is 2.41. The summed E-state index contributed by atoms with van der Waals surface area (Å²) < 4.78 is 7.31. The molecule has 0 aliphatic carbocycles. The minimum Gasteiger partial charge on any atom is -0.334 e. The number of rotatable bonds is 5. The Hall–Kier alpha value is -3.06. The van der Waals surface area contributed by atoms with Gasteiger partial charge in [-0.3, -0.25) is 9.30 Å². The third kappa shape index (κ3) is 2.89. The van der Waals surface area contributed by atoms with Crippen molar-refractivity contribution in [2.24, 2.45) is 0 Å². The van der Waals surface area contributed by atoms with E-state index in [0.717, 1.165) is 17.0 Å². The second kappa shape index (κ2) is 6.21. The lowest BCUT2D eigenvalue weighted by molar-refractivity contribution is 0.294. The first-order valence-corrected chi connectivity index (χ1v) is 7.65. The maximum Gasteiger partial charge on any atom is 0.257 e. The molecule has 0 atom stereocenters. The lowest BCUT2D eigenvalue weighted by Crippen LogP contribution is -2.19. The first kappa shape index (κ1) is 14.5. The number of nitrogens with zero attached hydrogens (tertiary/aromatic N) is 6. The first-order valence-electron chi connectivity index (χ1n) is 7.65. The Labute approximate surface area is 138 Å². The van der Waals surface area contributed by atoms with E-state index in [9.17, 15) is 0 Å². The molecule has 7 nitrogen and oxygen atoms in total. The van der Waals surface area contributed by atoms with Crippen LogP contribution in [0.15, 0.2) is 59.3 Å². The monoisotopic (exact) mass is 320 g/mol. The molecular weight excluding hydrogens is 304 g/mol. The topological polar surface area (TPSA) is 72.3 Å². The van der Waals surface area contributed by atoms with E-state index in [4.69, 9.17) is 4.52 Å². The van der Waals surface area contributed by atoms with Gasteiger partial charge in [-0.2, -0.15) is 4.98 Å². The van der Waals surface area contributed by atoms with Crippen molar-refractivity contribution in [3.63, 3.8) is 0 Å². The fraction of sp³-hybridized carbons (Fsp3) is 0.176. The average Bonchev–Trinajstić information content (AvgIpc) is 3.23. The molecule has 1 aromatic carbocycles. The number of hydrogen-bond acceptors (Lipinski definition) is 6. The van der Waals surface area contributed by atoms with Gasteiger partial charge in [-0.05, 0) is 31.3 Å². The van der Waals surface area contributed by atoms with Gasteiger partial charge in [0.15, 0.2) is 17.3 Å². The summed E-state index contributed by atoms with van der Waals surface area (Å²) in [6.07, 6.45) is 1.96. The Balaban J connectivity index is 1.47. The van der Waals surface area contributed by atoms with Gasteiger partial charge in [0.2, 0.25) is 0 Å². The van der Waals surface area contributed by atoms with Crippen LogP contribution in [-0.4, -0.2) is 36.7 Å². The fourth-order valence-electron chi connectivity index (χ4n) is 2.55. The highest BCUT2D eigenvalue weighted by atomic mass is 16.5. The third-order valence-electron chi connectivity index (χ3n) is 3.70. The van der Waals surface area contributed by atoms with Crippen LogP contribution in [0.2, 0.25) is 0 Å². The zero-order valence-electron chi connectivity index (χ0n) is 13.2. The zero-order valence-corrected chi connectivity index (χ0v) is 13.2. The van der Waals surface area contributed by atoms with Gasteiger partial charge in [-0.15, -0.1) is 10.2 Å². The van der Waals surface area contributed by atoms with Crippen molar-refractivity contribution in [2.75, 3.05) is 7.05 Å². The molecule has 120 valence electrons. The van der Waals surface area contributed by atoms with E-state index in [1.807, 2.05) is 66.2 Å². The summed E-state index contributed by atoms with van der Waals surface area (Å²) in [5.74, 6) is 2.05. The average molecular weight is 320 g/mol. The molecule has 0 fully saturated rings. The van der Waals surface area contributed by atoms with Crippen molar-refractivity contribution < 1.29 is 4.52 Å². The molecule has 0 radical (unpaired) electrons. The van der Waals surface area contributed by atoms with Crippen molar-refractivity contribution in [3.8, 4) is 11.5 Å². The van der Waals surface area contributed by atoms with Crippen LogP contribution in [0.4, 0.5) is 0 Å². The molecule has 0 amide bonds. The van der Waals surface area contributed by atoms with Crippen LogP contribution in [-0.2, 0) is 13.1 Å². The smallest absolute Gasteiger partial charge is 0.257 e. The molecule has 3 aromatic heterocycles. The third-order valence-corrected chi connectivity index (χ3v) is 3.70. The molecule has 0 bridgehead atoms. The Morgan fingerprint density at radius 3 is 2.71 bits per heavy atom. The zero-order chi connectivity index (χ0) is 16.4. The highest BCUT2D eigenvalue weighted by Crippen LogP contribution is 2.16. The quantitative estimate of drug-likeness (QED) is 0.562. The van der Waals surface area contributed by atoms with Crippen LogP contribution in [0, 0.1) is 0 Å². The second-order valence-corrected chi connectivity index (χ2v) is 5.60. The van der Waals surface area contributed by atoms with Crippen molar-refractivity contribution in [3.05, 3.63) is 66.4 Å². The summed E-state index contributed by atoms with van der Waals surface area (Å²) in [4.78, 5) is 6.52. The molecule has 0 aliphatic rings. The van der Waals surface area contributed by atoms with E-state index < -0.39 is 0 Å². The van der Waals surface area contributed by atoms with Gasteiger partial charge in [0.1, 0.15) is 0 Å². The Morgan fingerprint density at radius 1 is 1.00 bits per heavy atom. The lowest BCUT2D eigenvalue weighted by atomic mass is 10.2. The Morgan fingerprint density at radius 2 is 1.83 bits per heavy atom. The molecule has 0 saturated carbocycles. The van der Waals surface area contributed by atoms with Crippen LogP contribution >= 0.6 is 0 Å². The maximum atomic E-state index is 5.34. The van der Waals surface area contributed by atoms with Crippen molar-refractivity contribution in [2.45, 2.75) is 13.1 Å². The molecule has 4 rings (SSSR count). The molecule has 24 heavy (non-hydrogen) atoms. The summed E-state index contributed by atoms with van der Waals surface area (Å²) in [7, 11) is 1.99. The van der Waals surface area contributed by atoms with E-state index >= 15 is 0 Å². The number of fused-ring (bicyclic) bond motifs is 1. The van der Waals surface area contributed by atoms with Gasteiger partial charge >= 0.3 is 0 Å². The SMILES string of the molecule is CN(Cc1noc(-c2ccccc2)n1)Cc1nnc2ccccn12. The number of benzene rings is 1. The van der Waals surface area contributed by atoms with Crippen LogP contribution in [0.3, 0.4) is 0 Å². The van der Waals surface area contributed by atoms with Crippen molar-refractivity contribution in [1.29, 1.82) is 0 Å². The number of hydrogen-bond donors (Lipinski definition) is 0. The van der Waals surface area contributed by atoms with E-state index in [1.165, 1.54) is 0 Å². The molecule has 0 N–H and O–H groups in total. The van der Waals surface area contributed by atoms with Crippen LogP contribution in [0.1, 0.15) is 11.6 Å². The summed E-state index contributed by atoms with van der Waals surface area (Å²) in [6.45, 7) is 1.21. The van der Waals surface area contributed by atoms with Crippen LogP contribution in [0.25, 0.3) is 17.1 Å². The molecule has 0 saturated heterocycles. The van der Waals surface area contributed by atoms with Gasteiger partial charge in [0.25, 0.3) is 5.89 Å². The summed E-state index contributed by atoms with van der Waals surface area (Å²) >= 11 is 0. The first-order chi connectivity index (χ1) is 11.8. The van der Waals surface area contributed by atoms with E-state index in [-0.39, 0.29) is 0 Å². The lowest BCUT2D eigenvalue weighted by Gasteiger charge is -2.12. The molecule has 0 spiro atoms. The van der Waals surface area contributed by atoms with Crippen molar-refractivity contribution >= 4 is 5.65 Å². The van der Waals surface area contributed by atoms with E-state index in [1.54, 1.807) is 0 Å². The fourth-order valence-corrected chi connectivity index (χ4v) is 2.55. The Kier molecular flexibility index (Phi) is 3.76. The molecular formula is C17H16N6O. The maximum absolute atomic E-state index is 5.34. The normalized spacial score (nSPS) is 11.4. The minimum atomic E-state index is 0.534. The van der Waals surface area contributed by atoms with Gasteiger partial charge in [0, 0.05) is 11.8 Å². The summed E-state index contributed by atoms with van der Waals surface area (Å²) in [6, 6.07) is 15.6. The van der Waals surface area contributed by atoms with Crippen LogP contribution < -0.4 is 0 Å². The van der Waals surface area contributed by atoms with Crippen LogP contribution in [0.5, 0.6) is 0 Å². The van der Waals surface area contributed by atoms with Gasteiger partial charge in [-0.25, -0.2) is 0 Å². The molecule has 4 aromatic rings. The van der Waals surface area contributed by atoms with Gasteiger partial charge < -0.3 is 4.52 Å². The predicted molar refractivity (Wildman–Crippen MR) is 87.9 cm³/mol. The van der Waals surface area contributed by atoms with E-state index in [2.05, 4.69) is 25.2 Å². The summed E-state index contributed by atoms with van der Waals surface area (Å²) in [5.41, 5.74) is 1.76. The largest absolute Gasteiger partial charge is 0.334 e.